The quantitative estimate of drug-likeness (QED) is 0.906. The minimum Gasteiger partial charge on any atom is -0.354 e. The molecule has 4 nitrogen and oxygen atoms in total. The molecule has 24 heavy (non-hydrogen) atoms. The van der Waals surface area contributed by atoms with Crippen LogP contribution in [0.5, 0.6) is 0 Å². The monoisotopic (exact) mass is 349 g/mol. The van der Waals surface area contributed by atoms with Crippen molar-refractivity contribution in [3.05, 3.63) is 34.9 Å². The Morgan fingerprint density at radius 3 is 2.75 bits per heavy atom. The Bertz CT molecular complexity index is 600. The Kier molecular flexibility index (Phi) is 5.19. The molecule has 2 aliphatic rings. The maximum Gasteiger partial charge on any atom is 0.230 e. The van der Waals surface area contributed by atoms with E-state index in [1.54, 1.807) is 0 Å². The minimum atomic E-state index is -0.399. The standard InChI is InChI=1S/C19H28ClN3O/c1-14-10-19(11-14,15-5-4-6-16(20)9-15)18(24)21-12-17-13-22(2)7-8-23(17)3/h4-6,9,14,17H,7-8,10-13H2,1-3H3,(H,21,24). The van der Waals surface area contributed by atoms with Crippen LogP contribution in [-0.2, 0) is 10.2 Å². The molecule has 1 aliphatic heterocycles. The third-order valence-corrected chi connectivity index (χ3v) is 5.92. The maximum atomic E-state index is 13.0. The Morgan fingerprint density at radius 1 is 1.33 bits per heavy atom. The number of hydrogen-bond donors (Lipinski definition) is 1. The molecule has 1 aromatic rings. The number of piperazine rings is 1. The number of hydrogen-bond acceptors (Lipinski definition) is 3. The van der Waals surface area contributed by atoms with E-state index < -0.39 is 5.41 Å². The smallest absolute Gasteiger partial charge is 0.230 e. The first-order chi connectivity index (χ1) is 11.4. The zero-order valence-electron chi connectivity index (χ0n) is 14.9. The second-order valence-corrected chi connectivity index (χ2v) is 8.15. The molecule has 1 aliphatic carbocycles. The summed E-state index contributed by atoms with van der Waals surface area (Å²) in [5.41, 5.74) is 0.656. The van der Waals surface area contributed by atoms with Crippen LogP contribution < -0.4 is 5.32 Å². The highest BCUT2D eigenvalue weighted by Crippen LogP contribution is 2.48. The van der Waals surface area contributed by atoms with Crippen LogP contribution in [0, 0.1) is 5.92 Å². The molecule has 0 radical (unpaired) electrons. The molecule has 5 heteroatoms. The van der Waals surface area contributed by atoms with Crippen molar-refractivity contribution in [1.82, 2.24) is 15.1 Å². The van der Waals surface area contributed by atoms with Gasteiger partial charge in [-0.05, 0) is 50.6 Å². The van der Waals surface area contributed by atoms with E-state index in [1.807, 2.05) is 24.3 Å². The van der Waals surface area contributed by atoms with Crippen molar-refractivity contribution in [2.45, 2.75) is 31.2 Å². The Balaban J connectivity index is 1.69. The van der Waals surface area contributed by atoms with Crippen LogP contribution in [-0.4, -0.2) is 62.0 Å². The summed E-state index contributed by atoms with van der Waals surface area (Å²) in [6.07, 6.45) is 1.80. The van der Waals surface area contributed by atoms with E-state index in [1.165, 1.54) is 0 Å². The average Bonchev–Trinajstić information content (AvgIpc) is 2.52. The van der Waals surface area contributed by atoms with Crippen molar-refractivity contribution >= 4 is 17.5 Å². The van der Waals surface area contributed by atoms with E-state index in [0.29, 0.717) is 23.5 Å². The lowest BCUT2D eigenvalue weighted by Crippen LogP contribution is -2.58. The van der Waals surface area contributed by atoms with Gasteiger partial charge in [-0.25, -0.2) is 0 Å². The van der Waals surface area contributed by atoms with Crippen LogP contribution in [0.15, 0.2) is 24.3 Å². The van der Waals surface area contributed by atoms with Crippen LogP contribution >= 0.6 is 11.6 Å². The fourth-order valence-corrected chi connectivity index (χ4v) is 4.36. The molecule has 1 heterocycles. The van der Waals surface area contributed by atoms with Crippen molar-refractivity contribution in [2.75, 3.05) is 40.3 Å². The lowest BCUT2D eigenvalue weighted by Gasteiger charge is -2.46. The predicted molar refractivity (Wildman–Crippen MR) is 98.5 cm³/mol. The fraction of sp³-hybridized carbons (Fsp3) is 0.632. The van der Waals surface area contributed by atoms with Gasteiger partial charge in [-0.3, -0.25) is 9.69 Å². The first-order valence-electron chi connectivity index (χ1n) is 8.84. The van der Waals surface area contributed by atoms with Gasteiger partial charge < -0.3 is 10.2 Å². The SMILES string of the molecule is CC1CC(C(=O)NCC2CN(C)CCN2C)(c2cccc(Cl)c2)C1. The van der Waals surface area contributed by atoms with Crippen LogP contribution in [0.1, 0.15) is 25.3 Å². The summed E-state index contributed by atoms with van der Waals surface area (Å²) in [4.78, 5) is 17.7. The molecule has 1 aromatic carbocycles. The second-order valence-electron chi connectivity index (χ2n) is 7.71. The Hall–Kier alpha value is -1.10. The van der Waals surface area contributed by atoms with Crippen LogP contribution in [0.4, 0.5) is 0 Å². The third kappa shape index (κ3) is 3.46. The van der Waals surface area contributed by atoms with Crippen molar-refractivity contribution in [2.24, 2.45) is 5.92 Å². The number of carbonyl (C=O) groups is 1. The average molecular weight is 350 g/mol. The summed E-state index contributed by atoms with van der Waals surface area (Å²) in [6.45, 7) is 6.05. The van der Waals surface area contributed by atoms with E-state index >= 15 is 0 Å². The van der Waals surface area contributed by atoms with E-state index in [4.69, 9.17) is 11.6 Å². The van der Waals surface area contributed by atoms with Gasteiger partial charge in [0.15, 0.2) is 0 Å². The molecule has 1 N–H and O–H groups in total. The molecular formula is C19H28ClN3O. The zero-order valence-corrected chi connectivity index (χ0v) is 15.6. The van der Waals surface area contributed by atoms with Crippen molar-refractivity contribution in [1.29, 1.82) is 0 Å². The van der Waals surface area contributed by atoms with E-state index in [9.17, 15) is 4.79 Å². The molecule has 2 fully saturated rings. The number of likely N-dealkylation sites (N-methyl/N-ethyl adjacent to an activating group) is 2. The largest absolute Gasteiger partial charge is 0.354 e. The predicted octanol–water partition coefficient (Wildman–Crippen LogP) is 2.37. The van der Waals surface area contributed by atoms with Crippen LogP contribution in [0.2, 0.25) is 5.02 Å². The second kappa shape index (κ2) is 7.03. The first kappa shape index (κ1) is 17.7. The highest BCUT2D eigenvalue weighted by Gasteiger charge is 2.49. The summed E-state index contributed by atoms with van der Waals surface area (Å²) in [6, 6.07) is 8.18. The first-order valence-corrected chi connectivity index (χ1v) is 9.21. The highest BCUT2D eigenvalue weighted by molar-refractivity contribution is 6.30. The number of amides is 1. The van der Waals surface area contributed by atoms with Crippen LogP contribution in [0.25, 0.3) is 0 Å². The van der Waals surface area contributed by atoms with Crippen molar-refractivity contribution in [3.8, 4) is 0 Å². The number of benzene rings is 1. The summed E-state index contributed by atoms with van der Waals surface area (Å²) >= 11 is 6.16. The van der Waals surface area contributed by atoms with Gasteiger partial charge in [-0.2, -0.15) is 0 Å². The number of rotatable bonds is 4. The maximum absolute atomic E-state index is 13.0. The lowest BCUT2D eigenvalue weighted by atomic mass is 9.58. The van der Waals surface area contributed by atoms with Gasteiger partial charge in [0, 0.05) is 37.2 Å². The summed E-state index contributed by atoms with van der Waals surface area (Å²) < 4.78 is 0. The van der Waals surface area contributed by atoms with Crippen molar-refractivity contribution < 1.29 is 4.79 Å². The molecule has 132 valence electrons. The molecule has 1 saturated heterocycles. The van der Waals surface area contributed by atoms with Gasteiger partial charge in [-0.1, -0.05) is 30.7 Å². The lowest BCUT2D eigenvalue weighted by molar-refractivity contribution is -0.132. The molecule has 0 aromatic heterocycles. The zero-order chi connectivity index (χ0) is 17.3. The molecule has 0 spiro atoms. The minimum absolute atomic E-state index is 0.157. The number of nitrogens with zero attached hydrogens (tertiary/aromatic N) is 2. The van der Waals surface area contributed by atoms with Gasteiger partial charge in [0.1, 0.15) is 0 Å². The van der Waals surface area contributed by atoms with Crippen molar-refractivity contribution in [3.63, 3.8) is 0 Å². The summed E-state index contributed by atoms with van der Waals surface area (Å²) in [7, 11) is 4.28. The Morgan fingerprint density at radius 2 is 2.08 bits per heavy atom. The van der Waals surface area contributed by atoms with E-state index in [0.717, 1.165) is 38.0 Å². The number of carbonyl (C=O) groups excluding carboxylic acids is 1. The van der Waals surface area contributed by atoms with E-state index in [-0.39, 0.29) is 5.91 Å². The topological polar surface area (TPSA) is 35.6 Å². The van der Waals surface area contributed by atoms with Gasteiger partial charge >= 0.3 is 0 Å². The highest BCUT2D eigenvalue weighted by atomic mass is 35.5. The molecule has 1 amide bonds. The molecule has 1 unspecified atom stereocenters. The van der Waals surface area contributed by atoms with Gasteiger partial charge in [0.25, 0.3) is 0 Å². The number of nitrogens with one attached hydrogen (secondary N) is 1. The van der Waals surface area contributed by atoms with Gasteiger partial charge in [0.2, 0.25) is 5.91 Å². The Labute approximate surface area is 150 Å². The molecule has 1 atom stereocenters. The summed E-state index contributed by atoms with van der Waals surface area (Å²) in [5.74, 6) is 0.739. The fourth-order valence-electron chi connectivity index (χ4n) is 4.17. The normalized spacial score (nSPS) is 31.5. The van der Waals surface area contributed by atoms with Gasteiger partial charge in [-0.15, -0.1) is 0 Å². The van der Waals surface area contributed by atoms with Gasteiger partial charge in [0.05, 0.1) is 5.41 Å². The third-order valence-electron chi connectivity index (χ3n) is 5.68. The molecule has 0 bridgehead atoms. The number of halogens is 1. The molecule has 3 rings (SSSR count). The summed E-state index contributed by atoms with van der Waals surface area (Å²) in [5, 5.41) is 3.94. The molecule has 1 saturated carbocycles. The van der Waals surface area contributed by atoms with E-state index in [2.05, 4.69) is 36.1 Å². The molecular weight excluding hydrogens is 322 g/mol. The van der Waals surface area contributed by atoms with Crippen LogP contribution in [0.3, 0.4) is 0 Å².